The van der Waals surface area contributed by atoms with Crippen LogP contribution in [0.15, 0.2) is 18.2 Å². The van der Waals surface area contributed by atoms with Crippen LogP contribution >= 0.6 is 0 Å². The van der Waals surface area contributed by atoms with Gasteiger partial charge in [-0.25, -0.2) is 4.79 Å². The molecule has 1 aliphatic carbocycles. The molecule has 5 nitrogen and oxygen atoms in total. The molecule has 24 heavy (non-hydrogen) atoms. The number of ether oxygens (including phenoxy) is 1. The third-order valence-corrected chi connectivity index (χ3v) is 3.98. The van der Waals surface area contributed by atoms with Gasteiger partial charge in [-0.05, 0) is 69.7 Å². The molecule has 0 radical (unpaired) electrons. The summed E-state index contributed by atoms with van der Waals surface area (Å²) in [5.41, 5.74) is 3.10. The Labute approximate surface area is 144 Å². The van der Waals surface area contributed by atoms with Crippen LogP contribution in [0.4, 0.5) is 10.5 Å². The Hall–Kier alpha value is -2.04. The molecule has 0 heterocycles. The van der Waals surface area contributed by atoms with Gasteiger partial charge in [0.25, 0.3) is 0 Å². The summed E-state index contributed by atoms with van der Waals surface area (Å²) in [6, 6.07) is 6.15. The van der Waals surface area contributed by atoms with Crippen molar-refractivity contribution in [2.75, 3.05) is 18.9 Å². The lowest BCUT2D eigenvalue weighted by molar-refractivity contribution is -0.116. The normalized spacial score (nSPS) is 13.3. The van der Waals surface area contributed by atoms with Gasteiger partial charge in [-0.3, -0.25) is 4.79 Å². The molecule has 0 aromatic heterocycles. The molecule has 0 unspecified atom stereocenters. The van der Waals surface area contributed by atoms with Gasteiger partial charge in [0.15, 0.2) is 0 Å². The van der Waals surface area contributed by atoms with E-state index in [4.69, 9.17) is 4.74 Å². The molecule has 0 spiro atoms. The first-order valence-corrected chi connectivity index (χ1v) is 8.60. The maximum Gasteiger partial charge on any atom is 0.410 e. The molecule has 1 N–H and O–H groups in total. The highest BCUT2D eigenvalue weighted by Crippen LogP contribution is 2.25. The number of amides is 2. The fourth-order valence-electron chi connectivity index (χ4n) is 2.78. The summed E-state index contributed by atoms with van der Waals surface area (Å²) < 4.78 is 5.28. The van der Waals surface area contributed by atoms with E-state index < -0.39 is 5.60 Å². The highest BCUT2D eigenvalue weighted by atomic mass is 16.6. The van der Waals surface area contributed by atoms with Crippen LogP contribution in [0.1, 0.15) is 51.2 Å². The minimum atomic E-state index is -0.504. The molecule has 0 fully saturated rings. The zero-order valence-electron chi connectivity index (χ0n) is 15.1. The zero-order valence-corrected chi connectivity index (χ0v) is 15.1. The zero-order chi connectivity index (χ0) is 17.7. The number of benzene rings is 1. The van der Waals surface area contributed by atoms with Crippen molar-refractivity contribution in [2.45, 2.75) is 58.5 Å². The van der Waals surface area contributed by atoms with Gasteiger partial charge in [0.2, 0.25) is 5.91 Å². The van der Waals surface area contributed by atoms with E-state index in [-0.39, 0.29) is 12.0 Å². The second-order valence-corrected chi connectivity index (χ2v) is 7.39. The molecule has 1 aliphatic rings. The second-order valence-electron chi connectivity index (χ2n) is 7.39. The lowest BCUT2D eigenvalue weighted by Gasteiger charge is -2.24. The van der Waals surface area contributed by atoms with Crippen LogP contribution in [0.3, 0.4) is 0 Å². The van der Waals surface area contributed by atoms with Gasteiger partial charge in [-0.15, -0.1) is 0 Å². The van der Waals surface area contributed by atoms with E-state index in [0.717, 1.165) is 18.5 Å². The van der Waals surface area contributed by atoms with Gasteiger partial charge in [0.1, 0.15) is 5.60 Å². The topological polar surface area (TPSA) is 58.6 Å². The number of hydrogen-bond acceptors (Lipinski definition) is 3. The van der Waals surface area contributed by atoms with Crippen molar-refractivity contribution in [2.24, 2.45) is 0 Å². The van der Waals surface area contributed by atoms with Crippen molar-refractivity contribution in [3.05, 3.63) is 29.3 Å². The Morgan fingerprint density at radius 3 is 2.62 bits per heavy atom. The van der Waals surface area contributed by atoms with Crippen molar-refractivity contribution in [1.82, 2.24) is 4.90 Å². The standard InChI is InChI=1S/C19H28N2O3/c1-19(2,3)24-18(23)21(4)12-6-9-17(22)20-16-11-10-14-7-5-8-15(14)13-16/h10-11,13H,5-9,12H2,1-4H3,(H,20,22). The second kappa shape index (κ2) is 7.69. The van der Waals surface area contributed by atoms with Gasteiger partial charge in [0, 0.05) is 25.7 Å². The first-order chi connectivity index (χ1) is 11.2. The summed E-state index contributed by atoms with van der Waals surface area (Å²) in [6.45, 7) is 6.00. The van der Waals surface area contributed by atoms with Crippen molar-refractivity contribution in [1.29, 1.82) is 0 Å². The Morgan fingerprint density at radius 2 is 1.92 bits per heavy atom. The van der Waals surface area contributed by atoms with Crippen LogP contribution in [0.5, 0.6) is 0 Å². The molecule has 5 heteroatoms. The molecule has 2 amide bonds. The minimum Gasteiger partial charge on any atom is -0.444 e. The highest BCUT2D eigenvalue weighted by Gasteiger charge is 2.19. The van der Waals surface area contributed by atoms with E-state index in [2.05, 4.69) is 17.4 Å². The molecule has 132 valence electrons. The first kappa shape index (κ1) is 18.3. The molecule has 0 bridgehead atoms. The number of fused-ring (bicyclic) bond motifs is 1. The van der Waals surface area contributed by atoms with Crippen molar-refractivity contribution in [3.63, 3.8) is 0 Å². The maximum absolute atomic E-state index is 12.0. The summed E-state index contributed by atoms with van der Waals surface area (Å²) in [5.74, 6) is -0.0227. The van der Waals surface area contributed by atoms with Gasteiger partial charge in [0.05, 0.1) is 0 Å². The third-order valence-electron chi connectivity index (χ3n) is 3.98. The largest absolute Gasteiger partial charge is 0.444 e. The van der Waals surface area contributed by atoms with Gasteiger partial charge in [-0.2, -0.15) is 0 Å². The first-order valence-electron chi connectivity index (χ1n) is 8.60. The summed E-state index contributed by atoms with van der Waals surface area (Å²) in [5, 5.41) is 2.94. The van der Waals surface area contributed by atoms with E-state index in [1.54, 1.807) is 7.05 Å². The number of anilines is 1. The lowest BCUT2D eigenvalue weighted by atomic mass is 10.1. The fourth-order valence-corrected chi connectivity index (χ4v) is 2.78. The molecule has 2 rings (SSSR count). The van der Waals surface area contributed by atoms with E-state index in [1.807, 2.05) is 26.8 Å². The van der Waals surface area contributed by atoms with Crippen LogP contribution in [-0.2, 0) is 22.4 Å². The van der Waals surface area contributed by atoms with Gasteiger partial charge in [-0.1, -0.05) is 6.07 Å². The molecular formula is C19H28N2O3. The predicted molar refractivity (Wildman–Crippen MR) is 95.2 cm³/mol. The van der Waals surface area contributed by atoms with E-state index in [1.165, 1.54) is 22.4 Å². The molecular weight excluding hydrogens is 304 g/mol. The van der Waals surface area contributed by atoms with Crippen LogP contribution in [-0.4, -0.2) is 36.1 Å². The third kappa shape index (κ3) is 5.55. The number of carbonyl (C=O) groups is 2. The molecule has 1 aromatic rings. The molecule has 0 saturated heterocycles. The molecule has 1 aromatic carbocycles. The van der Waals surface area contributed by atoms with Crippen LogP contribution in [0, 0.1) is 0 Å². The lowest BCUT2D eigenvalue weighted by Crippen LogP contribution is -2.35. The number of rotatable bonds is 5. The summed E-state index contributed by atoms with van der Waals surface area (Å²) in [6.07, 6.45) is 4.06. The quantitative estimate of drug-likeness (QED) is 0.893. The summed E-state index contributed by atoms with van der Waals surface area (Å²) in [4.78, 5) is 25.4. The van der Waals surface area contributed by atoms with Gasteiger partial charge >= 0.3 is 6.09 Å². The van der Waals surface area contributed by atoms with E-state index >= 15 is 0 Å². The van der Waals surface area contributed by atoms with E-state index in [9.17, 15) is 9.59 Å². The van der Waals surface area contributed by atoms with Crippen molar-refractivity contribution < 1.29 is 14.3 Å². The maximum atomic E-state index is 12.0. The van der Waals surface area contributed by atoms with Crippen LogP contribution in [0.25, 0.3) is 0 Å². The summed E-state index contributed by atoms with van der Waals surface area (Å²) in [7, 11) is 1.69. The van der Waals surface area contributed by atoms with Crippen LogP contribution in [0.2, 0.25) is 0 Å². The monoisotopic (exact) mass is 332 g/mol. The Balaban J connectivity index is 1.72. The SMILES string of the molecule is CN(CCCC(=O)Nc1ccc2c(c1)CCC2)C(=O)OC(C)(C)C. The number of carbonyl (C=O) groups excluding carboxylic acids is 2. The molecule has 0 atom stereocenters. The number of hydrogen-bond donors (Lipinski definition) is 1. The number of nitrogens with one attached hydrogen (secondary N) is 1. The fraction of sp³-hybridized carbons (Fsp3) is 0.579. The van der Waals surface area contributed by atoms with Crippen molar-refractivity contribution >= 4 is 17.7 Å². The minimum absolute atomic E-state index is 0.0227. The predicted octanol–water partition coefficient (Wildman–Crippen LogP) is 3.76. The Kier molecular flexibility index (Phi) is 5.86. The molecule has 0 saturated carbocycles. The molecule has 0 aliphatic heterocycles. The van der Waals surface area contributed by atoms with E-state index in [0.29, 0.717) is 19.4 Å². The highest BCUT2D eigenvalue weighted by molar-refractivity contribution is 5.90. The van der Waals surface area contributed by atoms with Crippen LogP contribution < -0.4 is 5.32 Å². The Morgan fingerprint density at radius 1 is 1.21 bits per heavy atom. The summed E-state index contributed by atoms with van der Waals surface area (Å²) >= 11 is 0. The van der Waals surface area contributed by atoms with Gasteiger partial charge < -0.3 is 15.0 Å². The number of nitrogens with zero attached hydrogens (tertiary/aromatic N) is 1. The smallest absolute Gasteiger partial charge is 0.410 e. The van der Waals surface area contributed by atoms with Crippen molar-refractivity contribution in [3.8, 4) is 0 Å². The average molecular weight is 332 g/mol. The Bertz CT molecular complexity index is 605. The number of aryl methyl sites for hydroxylation is 2. The average Bonchev–Trinajstić information content (AvgIpc) is 2.92.